The van der Waals surface area contributed by atoms with Crippen molar-refractivity contribution in [3.05, 3.63) is 0 Å². The fraction of sp³-hybridized carbons (Fsp3) is 0.500. The summed E-state index contributed by atoms with van der Waals surface area (Å²) in [5.41, 5.74) is 0. The molecule has 0 aromatic rings. The van der Waals surface area contributed by atoms with Gasteiger partial charge in [-0.05, 0) is 12.8 Å². The van der Waals surface area contributed by atoms with Crippen LogP contribution in [0.1, 0.15) is 39.5 Å². The first-order chi connectivity index (χ1) is 7.70. The fourth-order valence-corrected chi connectivity index (χ4v) is 0.857. The largest absolute Gasteiger partial charge is 0.372 e. The lowest BCUT2D eigenvalue weighted by Gasteiger charge is -1.97. The van der Waals surface area contributed by atoms with Crippen LogP contribution in [0.4, 0.5) is 0 Å². The summed E-state index contributed by atoms with van der Waals surface area (Å²) in [6.07, 6.45) is 6.07. The molecule has 16 heavy (non-hydrogen) atoms. The van der Waals surface area contributed by atoms with Crippen LogP contribution in [0.3, 0.4) is 0 Å². The molecule has 0 aromatic carbocycles. The second-order valence-electron chi connectivity index (χ2n) is 2.86. The van der Waals surface area contributed by atoms with Crippen LogP contribution >= 0.6 is 0 Å². The highest BCUT2D eigenvalue weighted by molar-refractivity contribution is 5.71. The summed E-state index contributed by atoms with van der Waals surface area (Å²) >= 11 is 0. The van der Waals surface area contributed by atoms with Crippen LogP contribution in [0, 0.1) is 24.1 Å². The third-order valence-electron chi connectivity index (χ3n) is 1.55. The third-order valence-corrected chi connectivity index (χ3v) is 1.55. The highest BCUT2D eigenvalue weighted by Crippen LogP contribution is 2.02. The predicted molar refractivity (Wildman–Crippen MR) is 57.6 cm³/mol. The van der Waals surface area contributed by atoms with Crippen molar-refractivity contribution < 1.29 is 19.1 Å². The number of esters is 2. The molecule has 0 aliphatic rings. The Labute approximate surface area is 95.3 Å². The predicted octanol–water partition coefficient (Wildman–Crippen LogP) is 1.59. The van der Waals surface area contributed by atoms with Crippen LogP contribution in [0.2, 0.25) is 0 Å². The molecule has 86 valence electrons. The summed E-state index contributed by atoms with van der Waals surface area (Å²) in [4.78, 5) is 21.9. The summed E-state index contributed by atoms with van der Waals surface area (Å²) in [5.74, 6) is 4.14. The van der Waals surface area contributed by atoms with Gasteiger partial charge < -0.3 is 9.47 Å². The summed E-state index contributed by atoms with van der Waals surface area (Å²) < 4.78 is 9.05. The summed E-state index contributed by atoms with van der Waals surface area (Å²) in [5, 5.41) is 0. The Balaban J connectivity index is 3.50. The van der Waals surface area contributed by atoms with Gasteiger partial charge in [-0.2, -0.15) is 0 Å². The summed E-state index contributed by atoms with van der Waals surface area (Å²) in [6.45, 7) is 3.16. The Kier molecular flexibility index (Phi) is 8.44. The standard InChI is InChI=1S/C12H14O4/c1-3-9-15-11(13)7-5-6-8-12(14)16-10-4-2/h5-8H2,1-2H3. The average molecular weight is 222 g/mol. The van der Waals surface area contributed by atoms with E-state index in [9.17, 15) is 9.59 Å². The number of rotatable bonds is 5. The first kappa shape index (κ1) is 14.1. The molecule has 0 aliphatic heterocycles. The van der Waals surface area contributed by atoms with Crippen LogP contribution in [-0.4, -0.2) is 11.9 Å². The minimum absolute atomic E-state index is 0.251. The Hall–Kier alpha value is -1.94. The summed E-state index contributed by atoms with van der Waals surface area (Å²) in [7, 11) is 0. The van der Waals surface area contributed by atoms with Crippen molar-refractivity contribution in [1.82, 2.24) is 0 Å². The van der Waals surface area contributed by atoms with E-state index >= 15 is 0 Å². The molecule has 0 N–H and O–H groups in total. The van der Waals surface area contributed by atoms with Gasteiger partial charge in [0.2, 0.25) is 0 Å². The molecule has 0 rings (SSSR count). The molecule has 0 saturated heterocycles. The van der Waals surface area contributed by atoms with E-state index in [0.29, 0.717) is 12.8 Å². The molecule has 0 heterocycles. The van der Waals surface area contributed by atoms with Crippen molar-refractivity contribution in [2.24, 2.45) is 0 Å². The lowest BCUT2D eigenvalue weighted by Crippen LogP contribution is -2.02. The number of carbonyl (C=O) groups is 2. The first-order valence-corrected chi connectivity index (χ1v) is 4.93. The Morgan fingerprint density at radius 2 is 1.25 bits per heavy atom. The second kappa shape index (κ2) is 9.61. The molecule has 0 aliphatic carbocycles. The van der Waals surface area contributed by atoms with Crippen LogP contribution < -0.4 is 0 Å². The van der Waals surface area contributed by atoms with E-state index in [4.69, 9.17) is 0 Å². The molecule has 0 spiro atoms. The lowest BCUT2D eigenvalue weighted by atomic mass is 10.2. The maximum atomic E-state index is 11.0. The highest BCUT2D eigenvalue weighted by Gasteiger charge is 2.04. The van der Waals surface area contributed by atoms with Gasteiger partial charge in [-0.15, -0.1) is 0 Å². The topological polar surface area (TPSA) is 52.6 Å². The molecule has 0 saturated carbocycles. The smallest absolute Gasteiger partial charge is 0.319 e. The number of hydrogen-bond donors (Lipinski definition) is 0. The van der Waals surface area contributed by atoms with Gasteiger partial charge in [0.1, 0.15) is 12.2 Å². The van der Waals surface area contributed by atoms with Crippen molar-refractivity contribution in [3.8, 4) is 24.1 Å². The van der Waals surface area contributed by atoms with E-state index in [1.807, 2.05) is 0 Å². The zero-order valence-corrected chi connectivity index (χ0v) is 9.46. The molecule has 4 heteroatoms. The molecule has 4 nitrogen and oxygen atoms in total. The van der Waals surface area contributed by atoms with Gasteiger partial charge in [0.15, 0.2) is 0 Å². The molecular weight excluding hydrogens is 208 g/mol. The van der Waals surface area contributed by atoms with E-state index in [2.05, 4.69) is 33.5 Å². The lowest BCUT2D eigenvalue weighted by molar-refractivity contribution is -0.139. The highest BCUT2D eigenvalue weighted by atomic mass is 16.5. The Morgan fingerprint density at radius 1 is 0.875 bits per heavy atom. The van der Waals surface area contributed by atoms with Gasteiger partial charge in [-0.25, -0.2) is 0 Å². The second-order valence-corrected chi connectivity index (χ2v) is 2.86. The van der Waals surface area contributed by atoms with E-state index in [1.54, 1.807) is 13.8 Å². The van der Waals surface area contributed by atoms with Crippen LogP contribution in [-0.2, 0) is 19.1 Å². The molecule has 0 fully saturated rings. The van der Waals surface area contributed by atoms with Crippen molar-refractivity contribution in [2.75, 3.05) is 0 Å². The molecule has 0 unspecified atom stereocenters. The molecule has 0 aromatic heterocycles. The van der Waals surface area contributed by atoms with E-state index in [-0.39, 0.29) is 24.8 Å². The van der Waals surface area contributed by atoms with Crippen LogP contribution in [0.15, 0.2) is 0 Å². The summed E-state index contributed by atoms with van der Waals surface area (Å²) in [6, 6.07) is 0. The minimum atomic E-state index is -0.379. The number of ether oxygens (including phenoxy) is 2. The Bertz CT molecular complexity index is 313. The first-order valence-electron chi connectivity index (χ1n) is 4.93. The van der Waals surface area contributed by atoms with E-state index in [1.165, 1.54) is 0 Å². The molecule has 0 radical (unpaired) electrons. The quantitative estimate of drug-likeness (QED) is 0.402. The monoisotopic (exact) mass is 222 g/mol. The third kappa shape index (κ3) is 8.65. The van der Waals surface area contributed by atoms with Crippen molar-refractivity contribution in [2.45, 2.75) is 39.5 Å². The zero-order valence-electron chi connectivity index (χ0n) is 9.46. The number of carbonyl (C=O) groups excluding carboxylic acids is 2. The van der Waals surface area contributed by atoms with Gasteiger partial charge in [0.05, 0.1) is 0 Å². The zero-order chi connectivity index (χ0) is 12.2. The van der Waals surface area contributed by atoms with Gasteiger partial charge in [0, 0.05) is 26.7 Å². The van der Waals surface area contributed by atoms with Crippen molar-refractivity contribution in [3.63, 3.8) is 0 Å². The molecule has 0 atom stereocenters. The number of unbranched alkanes of at least 4 members (excludes halogenated alkanes) is 1. The minimum Gasteiger partial charge on any atom is -0.372 e. The van der Waals surface area contributed by atoms with Gasteiger partial charge in [0.25, 0.3) is 0 Å². The van der Waals surface area contributed by atoms with Crippen molar-refractivity contribution in [1.29, 1.82) is 0 Å². The van der Waals surface area contributed by atoms with E-state index in [0.717, 1.165) is 0 Å². The SMILES string of the molecule is CC#COC(=O)CCCCC(=O)OC#CC. The maximum absolute atomic E-state index is 11.0. The van der Waals surface area contributed by atoms with E-state index < -0.39 is 0 Å². The number of hydrogen-bond acceptors (Lipinski definition) is 4. The molecular formula is C12H14O4. The Morgan fingerprint density at radius 3 is 1.56 bits per heavy atom. The van der Waals surface area contributed by atoms with Crippen LogP contribution in [0.5, 0.6) is 0 Å². The normalized spacial score (nSPS) is 7.88. The van der Waals surface area contributed by atoms with Crippen molar-refractivity contribution >= 4 is 11.9 Å². The fourth-order valence-electron chi connectivity index (χ4n) is 0.857. The maximum Gasteiger partial charge on any atom is 0.319 e. The van der Waals surface area contributed by atoms with Gasteiger partial charge in [-0.1, -0.05) is 11.8 Å². The molecule has 0 amide bonds. The van der Waals surface area contributed by atoms with Gasteiger partial charge >= 0.3 is 11.9 Å². The molecule has 0 bridgehead atoms. The van der Waals surface area contributed by atoms with Gasteiger partial charge in [-0.3, -0.25) is 9.59 Å². The van der Waals surface area contributed by atoms with Crippen LogP contribution in [0.25, 0.3) is 0 Å². The average Bonchev–Trinajstić information content (AvgIpc) is 2.29.